The Morgan fingerprint density at radius 3 is 2.64 bits per heavy atom. The van der Waals surface area contributed by atoms with Crippen molar-refractivity contribution in [2.24, 2.45) is 0 Å². The number of rotatable bonds is 4. The molecule has 1 aliphatic rings. The number of aromatic nitrogens is 1. The van der Waals surface area contributed by atoms with E-state index in [1.165, 1.54) is 0 Å². The fourth-order valence-corrected chi connectivity index (χ4v) is 3.38. The van der Waals surface area contributed by atoms with Gasteiger partial charge in [-0.2, -0.15) is 0 Å². The summed E-state index contributed by atoms with van der Waals surface area (Å²) in [5.74, 6) is 0.358. The van der Waals surface area contributed by atoms with E-state index < -0.39 is 0 Å². The Morgan fingerprint density at radius 2 is 1.88 bits per heavy atom. The molecule has 0 atom stereocenters. The smallest absolute Gasteiger partial charge is 0.290 e. The normalized spacial score (nSPS) is 15.8. The molecule has 124 valence electrons. The number of benzene rings is 2. The van der Waals surface area contributed by atoms with Crippen LogP contribution in [0.15, 0.2) is 59.6 Å². The maximum Gasteiger partial charge on any atom is 0.290 e. The summed E-state index contributed by atoms with van der Waals surface area (Å²) >= 11 is 0.903. The van der Waals surface area contributed by atoms with Gasteiger partial charge < -0.3 is 9.72 Å². The lowest BCUT2D eigenvalue weighted by Gasteiger charge is -2.08. The number of nitrogens with one attached hydrogen (secondary N) is 2. The summed E-state index contributed by atoms with van der Waals surface area (Å²) in [7, 11) is 0. The predicted molar refractivity (Wildman–Crippen MR) is 98.2 cm³/mol. The van der Waals surface area contributed by atoms with E-state index in [-0.39, 0.29) is 11.1 Å². The molecule has 6 heteroatoms. The van der Waals surface area contributed by atoms with Crippen molar-refractivity contribution in [1.29, 1.82) is 0 Å². The summed E-state index contributed by atoms with van der Waals surface area (Å²) in [6, 6.07) is 15.7. The van der Waals surface area contributed by atoms with E-state index in [1.807, 2.05) is 54.7 Å². The van der Waals surface area contributed by atoms with Crippen LogP contribution < -0.4 is 10.1 Å². The third kappa shape index (κ3) is 3.16. The van der Waals surface area contributed by atoms with Gasteiger partial charge in [0.15, 0.2) is 0 Å². The van der Waals surface area contributed by atoms with Crippen molar-refractivity contribution in [2.45, 2.75) is 6.61 Å². The monoisotopic (exact) mass is 350 g/mol. The molecule has 0 unspecified atom stereocenters. The number of hydrogen-bond acceptors (Lipinski definition) is 4. The second-order valence-corrected chi connectivity index (χ2v) is 6.56. The summed E-state index contributed by atoms with van der Waals surface area (Å²) in [4.78, 5) is 26.7. The van der Waals surface area contributed by atoms with Gasteiger partial charge in [-0.05, 0) is 35.5 Å². The van der Waals surface area contributed by atoms with Crippen LogP contribution in [0.25, 0.3) is 17.0 Å². The molecule has 1 aromatic heterocycles. The van der Waals surface area contributed by atoms with Crippen molar-refractivity contribution in [3.8, 4) is 5.75 Å². The van der Waals surface area contributed by atoms with Crippen LogP contribution in [0.1, 0.15) is 11.1 Å². The number of ether oxygens (including phenoxy) is 1. The molecule has 0 aliphatic carbocycles. The first-order valence-corrected chi connectivity index (χ1v) is 8.54. The van der Waals surface area contributed by atoms with Gasteiger partial charge in [0.2, 0.25) is 0 Å². The first-order valence-electron chi connectivity index (χ1n) is 7.72. The van der Waals surface area contributed by atoms with Crippen LogP contribution in [0, 0.1) is 0 Å². The molecule has 0 spiro atoms. The van der Waals surface area contributed by atoms with Crippen molar-refractivity contribution in [3.05, 3.63) is 70.8 Å². The highest BCUT2D eigenvalue weighted by atomic mass is 32.2. The molecule has 4 rings (SSSR count). The van der Waals surface area contributed by atoms with Crippen LogP contribution in [-0.4, -0.2) is 16.1 Å². The highest BCUT2D eigenvalue weighted by Gasteiger charge is 2.25. The SMILES string of the molecule is O=C1NC(=O)/C(=C\c2c[nH]c3cccc(OCc4ccccc4)c23)S1. The Bertz CT molecular complexity index is 992. The van der Waals surface area contributed by atoms with Crippen LogP contribution in [-0.2, 0) is 11.4 Å². The standard InChI is InChI=1S/C19H14N2O3S/c22-18-16(25-19(23)21-18)9-13-10-20-14-7-4-8-15(17(13)14)24-11-12-5-2-1-3-6-12/h1-10,20H,11H2,(H,21,22,23)/b16-9+. The number of carbonyl (C=O) groups is 2. The minimum atomic E-state index is -0.368. The molecule has 2 N–H and O–H groups in total. The average Bonchev–Trinajstić information content (AvgIpc) is 3.17. The molecule has 0 saturated carbocycles. The number of H-pyrrole nitrogens is 1. The van der Waals surface area contributed by atoms with Crippen molar-refractivity contribution in [1.82, 2.24) is 10.3 Å². The summed E-state index contributed by atoms with van der Waals surface area (Å²) in [5.41, 5.74) is 2.80. The van der Waals surface area contributed by atoms with Crippen LogP contribution in [0.3, 0.4) is 0 Å². The number of amides is 2. The van der Waals surface area contributed by atoms with Gasteiger partial charge in [-0.15, -0.1) is 0 Å². The number of thioether (sulfide) groups is 1. The Morgan fingerprint density at radius 1 is 1.04 bits per heavy atom. The lowest BCUT2D eigenvalue weighted by atomic mass is 10.1. The molecule has 25 heavy (non-hydrogen) atoms. The van der Waals surface area contributed by atoms with Gasteiger partial charge in [0.25, 0.3) is 11.1 Å². The summed E-state index contributed by atoms with van der Waals surface area (Å²) < 4.78 is 5.99. The summed E-state index contributed by atoms with van der Waals surface area (Å²) in [6.07, 6.45) is 3.52. The molecule has 5 nitrogen and oxygen atoms in total. The Balaban J connectivity index is 1.68. The summed E-state index contributed by atoms with van der Waals surface area (Å²) in [6.45, 7) is 0.453. The first kappa shape index (κ1) is 15.5. The van der Waals surface area contributed by atoms with Crippen LogP contribution in [0.5, 0.6) is 5.75 Å². The van der Waals surface area contributed by atoms with Crippen LogP contribution in [0.4, 0.5) is 4.79 Å². The van der Waals surface area contributed by atoms with Crippen LogP contribution in [0.2, 0.25) is 0 Å². The topological polar surface area (TPSA) is 71.2 Å². The fourth-order valence-electron chi connectivity index (χ4n) is 2.71. The zero-order valence-electron chi connectivity index (χ0n) is 13.1. The predicted octanol–water partition coefficient (Wildman–Crippen LogP) is 4.07. The van der Waals surface area contributed by atoms with Gasteiger partial charge in [0.1, 0.15) is 12.4 Å². The van der Waals surface area contributed by atoms with E-state index in [4.69, 9.17) is 4.74 Å². The van der Waals surface area contributed by atoms with Crippen molar-refractivity contribution >= 4 is 39.9 Å². The van der Waals surface area contributed by atoms with Crippen molar-refractivity contribution in [2.75, 3.05) is 0 Å². The van der Waals surface area contributed by atoms with E-state index >= 15 is 0 Å². The Hall–Kier alpha value is -2.99. The second-order valence-electron chi connectivity index (χ2n) is 5.55. The third-order valence-corrected chi connectivity index (χ3v) is 4.67. The number of aromatic amines is 1. The lowest BCUT2D eigenvalue weighted by molar-refractivity contribution is -0.115. The second kappa shape index (κ2) is 6.49. The number of hydrogen-bond donors (Lipinski definition) is 2. The van der Waals surface area contributed by atoms with E-state index in [0.29, 0.717) is 11.5 Å². The van der Waals surface area contributed by atoms with Gasteiger partial charge in [-0.25, -0.2) is 0 Å². The first-order chi connectivity index (χ1) is 12.2. The number of fused-ring (bicyclic) bond motifs is 1. The molecule has 2 amide bonds. The van der Waals surface area contributed by atoms with Gasteiger partial charge in [0, 0.05) is 22.7 Å². The third-order valence-electron chi connectivity index (χ3n) is 3.86. The van der Waals surface area contributed by atoms with Gasteiger partial charge in [-0.1, -0.05) is 36.4 Å². The molecule has 2 heterocycles. The van der Waals surface area contributed by atoms with E-state index in [0.717, 1.165) is 39.5 Å². The Labute approximate surface area is 148 Å². The lowest BCUT2D eigenvalue weighted by Crippen LogP contribution is -2.17. The highest BCUT2D eigenvalue weighted by molar-refractivity contribution is 8.18. The average molecular weight is 350 g/mol. The molecule has 0 radical (unpaired) electrons. The molecule has 2 aromatic carbocycles. The van der Waals surface area contributed by atoms with E-state index in [2.05, 4.69) is 10.3 Å². The maximum absolute atomic E-state index is 11.8. The van der Waals surface area contributed by atoms with Gasteiger partial charge in [-0.3, -0.25) is 14.9 Å². The number of imide groups is 1. The highest BCUT2D eigenvalue weighted by Crippen LogP contribution is 2.33. The van der Waals surface area contributed by atoms with Crippen LogP contribution >= 0.6 is 11.8 Å². The largest absolute Gasteiger partial charge is 0.488 e. The molecular formula is C19H14N2O3S. The van der Waals surface area contributed by atoms with E-state index in [9.17, 15) is 9.59 Å². The van der Waals surface area contributed by atoms with Gasteiger partial charge >= 0.3 is 0 Å². The summed E-state index contributed by atoms with van der Waals surface area (Å²) in [5, 5.41) is 2.80. The Kier molecular flexibility index (Phi) is 4.03. The van der Waals surface area contributed by atoms with Crippen molar-refractivity contribution in [3.63, 3.8) is 0 Å². The zero-order chi connectivity index (χ0) is 17.2. The van der Waals surface area contributed by atoms with E-state index in [1.54, 1.807) is 6.08 Å². The minimum absolute atomic E-state index is 0.350. The van der Waals surface area contributed by atoms with Gasteiger partial charge in [0.05, 0.1) is 4.91 Å². The quantitative estimate of drug-likeness (QED) is 0.696. The fraction of sp³-hybridized carbons (Fsp3) is 0.0526. The maximum atomic E-state index is 11.8. The van der Waals surface area contributed by atoms with Crippen molar-refractivity contribution < 1.29 is 14.3 Å². The molecular weight excluding hydrogens is 336 g/mol. The molecule has 0 bridgehead atoms. The molecule has 3 aromatic rings. The molecule has 1 saturated heterocycles. The zero-order valence-corrected chi connectivity index (χ0v) is 13.9. The molecule has 1 aliphatic heterocycles. The minimum Gasteiger partial charge on any atom is -0.488 e. The number of carbonyl (C=O) groups excluding carboxylic acids is 2. The molecule has 1 fully saturated rings.